The van der Waals surface area contributed by atoms with Gasteiger partial charge in [0.1, 0.15) is 11.5 Å². The summed E-state index contributed by atoms with van der Waals surface area (Å²) < 4.78 is 10.8. The lowest BCUT2D eigenvalue weighted by atomic mass is 9.66. The molecule has 0 heterocycles. The molecule has 3 N–H and O–H groups in total. The second kappa shape index (κ2) is 9.63. The molecule has 0 radical (unpaired) electrons. The van der Waals surface area contributed by atoms with Gasteiger partial charge >= 0.3 is 5.97 Å². The highest BCUT2D eigenvalue weighted by atomic mass is 16.5. The van der Waals surface area contributed by atoms with Gasteiger partial charge < -0.3 is 24.8 Å². The Morgan fingerprint density at radius 2 is 1.29 bits per heavy atom. The maximum Gasteiger partial charge on any atom is 0.336 e. The van der Waals surface area contributed by atoms with Gasteiger partial charge in [0.25, 0.3) is 0 Å². The summed E-state index contributed by atoms with van der Waals surface area (Å²) in [5, 5.41) is 31.9. The predicted octanol–water partition coefficient (Wildman–Crippen LogP) is 6.07. The van der Waals surface area contributed by atoms with Crippen LogP contribution in [0.4, 0.5) is 0 Å². The Balaban J connectivity index is 2.00. The van der Waals surface area contributed by atoms with Gasteiger partial charge in [-0.05, 0) is 71.0 Å². The Kier molecular flexibility index (Phi) is 6.47. The molecule has 0 atom stereocenters. The number of rotatable bonds is 7. The van der Waals surface area contributed by atoms with Crippen molar-refractivity contribution in [3.05, 3.63) is 117 Å². The Labute approximate surface area is 221 Å². The molecule has 0 aromatic heterocycles. The number of carboxylic acids is 1. The molecular weight excluding hydrogens is 480 g/mol. The number of carboxylic acid groups (broad SMARTS) is 1. The summed E-state index contributed by atoms with van der Waals surface area (Å²) in [6.07, 6.45) is 0. The van der Waals surface area contributed by atoms with Crippen LogP contribution in [0.15, 0.2) is 66.7 Å². The highest BCUT2D eigenvalue weighted by Crippen LogP contribution is 2.58. The van der Waals surface area contributed by atoms with Crippen molar-refractivity contribution in [1.82, 2.24) is 0 Å². The van der Waals surface area contributed by atoms with Gasteiger partial charge in [0.05, 0.1) is 24.2 Å². The molecular formula is C32H30O6. The number of phenolic OH excluding ortho intramolecular Hbond substituents is 2. The molecule has 6 heteroatoms. The van der Waals surface area contributed by atoms with E-state index >= 15 is 0 Å². The molecule has 0 spiro atoms. The van der Waals surface area contributed by atoms with Crippen molar-refractivity contribution in [2.75, 3.05) is 14.2 Å². The summed E-state index contributed by atoms with van der Waals surface area (Å²) in [5.41, 5.74) is 6.88. The molecule has 5 rings (SSSR count). The second-order valence-electron chi connectivity index (χ2n) is 9.80. The van der Waals surface area contributed by atoms with Gasteiger partial charge in [-0.2, -0.15) is 0 Å². The Morgan fingerprint density at radius 3 is 1.82 bits per heavy atom. The maximum atomic E-state index is 12.4. The van der Waals surface area contributed by atoms with Crippen LogP contribution in [0.5, 0.6) is 11.5 Å². The van der Waals surface area contributed by atoms with Crippen molar-refractivity contribution in [3.63, 3.8) is 0 Å². The number of aryl methyl sites for hydroxylation is 2. The van der Waals surface area contributed by atoms with E-state index in [1.807, 2.05) is 68.4 Å². The number of ether oxygens (including phenoxy) is 2. The minimum absolute atomic E-state index is 0.165. The average molecular weight is 511 g/mol. The third-order valence-corrected chi connectivity index (χ3v) is 7.52. The van der Waals surface area contributed by atoms with E-state index in [1.54, 1.807) is 26.4 Å². The van der Waals surface area contributed by atoms with E-state index in [4.69, 9.17) is 9.47 Å². The Hall–Kier alpha value is -4.13. The average Bonchev–Trinajstić information content (AvgIpc) is 3.20. The lowest BCUT2D eigenvalue weighted by molar-refractivity contribution is 0.0697. The van der Waals surface area contributed by atoms with E-state index in [0.29, 0.717) is 27.8 Å². The lowest BCUT2D eigenvalue weighted by Gasteiger charge is -2.35. The van der Waals surface area contributed by atoms with E-state index in [-0.39, 0.29) is 30.3 Å². The number of aromatic carboxylic acids is 1. The van der Waals surface area contributed by atoms with Crippen molar-refractivity contribution in [1.29, 1.82) is 0 Å². The summed E-state index contributed by atoms with van der Waals surface area (Å²) >= 11 is 0. The van der Waals surface area contributed by atoms with Crippen molar-refractivity contribution >= 4 is 5.97 Å². The minimum Gasteiger partial charge on any atom is -0.507 e. The van der Waals surface area contributed by atoms with Crippen LogP contribution < -0.4 is 0 Å². The number of benzene rings is 4. The Bertz CT molecular complexity index is 1510. The first-order valence-corrected chi connectivity index (χ1v) is 12.4. The molecule has 0 amide bonds. The highest BCUT2D eigenvalue weighted by Gasteiger charge is 2.48. The van der Waals surface area contributed by atoms with E-state index in [1.165, 1.54) is 0 Å². The molecule has 0 saturated carbocycles. The molecule has 38 heavy (non-hydrogen) atoms. The van der Waals surface area contributed by atoms with E-state index in [2.05, 4.69) is 0 Å². The summed E-state index contributed by atoms with van der Waals surface area (Å²) in [6, 6.07) is 21.0. The van der Waals surface area contributed by atoms with E-state index in [0.717, 1.165) is 27.8 Å². The molecule has 0 unspecified atom stereocenters. The SMILES string of the molecule is COCc1cc(C2(c3cc(C)c(O)c(COC)c3)c3ccccc3-c3c(C(=O)O)cccc32)cc(C)c1O. The molecule has 4 aromatic rings. The van der Waals surface area contributed by atoms with Gasteiger partial charge in [-0.3, -0.25) is 0 Å². The van der Waals surface area contributed by atoms with Crippen LogP contribution in [0, 0.1) is 13.8 Å². The summed E-state index contributed by atoms with van der Waals surface area (Å²) in [4.78, 5) is 12.4. The Morgan fingerprint density at radius 1 is 0.763 bits per heavy atom. The number of hydrogen-bond donors (Lipinski definition) is 3. The summed E-state index contributed by atoms with van der Waals surface area (Å²) in [6.45, 7) is 4.12. The number of fused-ring (bicyclic) bond motifs is 3. The van der Waals surface area contributed by atoms with Gasteiger partial charge in [-0.25, -0.2) is 4.79 Å². The van der Waals surface area contributed by atoms with E-state index in [9.17, 15) is 20.1 Å². The molecule has 1 aliphatic carbocycles. The largest absolute Gasteiger partial charge is 0.507 e. The van der Waals surface area contributed by atoms with Crippen LogP contribution in [0.25, 0.3) is 11.1 Å². The van der Waals surface area contributed by atoms with Crippen LogP contribution in [0.3, 0.4) is 0 Å². The quantitative estimate of drug-likeness (QED) is 0.246. The number of methoxy groups -OCH3 is 2. The topological polar surface area (TPSA) is 96.2 Å². The second-order valence-corrected chi connectivity index (χ2v) is 9.80. The number of carbonyl (C=O) groups is 1. The third kappa shape index (κ3) is 3.68. The van der Waals surface area contributed by atoms with Gasteiger partial charge in [-0.1, -0.05) is 48.5 Å². The molecule has 6 nitrogen and oxygen atoms in total. The summed E-state index contributed by atoms with van der Waals surface area (Å²) in [7, 11) is 3.16. The standard InChI is InChI=1S/C32H30O6/c1-18-12-22(14-20(16-37-3)29(18)33)32(23-13-19(2)30(34)21(15-23)17-38-4)26-10-6-5-8-24(26)28-25(31(35)36)9-7-11-27(28)32/h5-15,33-34H,16-17H2,1-4H3,(H,35,36). The third-order valence-electron chi connectivity index (χ3n) is 7.52. The first-order chi connectivity index (χ1) is 18.2. The fourth-order valence-electron chi connectivity index (χ4n) is 5.96. The highest BCUT2D eigenvalue weighted by molar-refractivity contribution is 6.01. The van der Waals surface area contributed by atoms with Crippen molar-refractivity contribution in [2.45, 2.75) is 32.5 Å². The summed E-state index contributed by atoms with van der Waals surface area (Å²) in [5.74, 6) is -0.673. The fourth-order valence-corrected chi connectivity index (χ4v) is 5.96. The zero-order chi connectivity index (χ0) is 27.2. The molecule has 4 aromatic carbocycles. The van der Waals surface area contributed by atoms with Crippen LogP contribution >= 0.6 is 0 Å². The predicted molar refractivity (Wildman–Crippen MR) is 145 cm³/mol. The first kappa shape index (κ1) is 25.5. The smallest absolute Gasteiger partial charge is 0.336 e. The number of hydrogen-bond acceptors (Lipinski definition) is 5. The fraction of sp³-hybridized carbons (Fsp3) is 0.219. The minimum atomic E-state index is -1.00. The van der Waals surface area contributed by atoms with Crippen molar-refractivity contribution < 1.29 is 29.6 Å². The van der Waals surface area contributed by atoms with Gasteiger partial charge in [0.2, 0.25) is 0 Å². The van der Waals surface area contributed by atoms with Crippen LogP contribution in [-0.4, -0.2) is 35.5 Å². The molecule has 0 fully saturated rings. The van der Waals surface area contributed by atoms with Crippen LogP contribution in [0.1, 0.15) is 54.9 Å². The lowest BCUT2D eigenvalue weighted by Crippen LogP contribution is -2.29. The van der Waals surface area contributed by atoms with Crippen LogP contribution in [0.2, 0.25) is 0 Å². The zero-order valence-corrected chi connectivity index (χ0v) is 21.8. The molecule has 0 bridgehead atoms. The normalized spacial score (nSPS) is 13.3. The maximum absolute atomic E-state index is 12.4. The van der Waals surface area contributed by atoms with Crippen molar-refractivity contribution in [3.8, 4) is 22.6 Å². The van der Waals surface area contributed by atoms with Gasteiger partial charge in [0, 0.05) is 30.9 Å². The van der Waals surface area contributed by atoms with Gasteiger partial charge in [-0.15, -0.1) is 0 Å². The number of aromatic hydroxyl groups is 2. The van der Waals surface area contributed by atoms with Crippen molar-refractivity contribution in [2.24, 2.45) is 0 Å². The first-order valence-electron chi connectivity index (χ1n) is 12.4. The van der Waals surface area contributed by atoms with E-state index < -0.39 is 11.4 Å². The molecule has 0 saturated heterocycles. The zero-order valence-electron chi connectivity index (χ0n) is 21.8. The molecule has 1 aliphatic rings. The number of phenols is 2. The molecule has 194 valence electrons. The monoisotopic (exact) mass is 510 g/mol. The van der Waals surface area contributed by atoms with Crippen LogP contribution in [-0.2, 0) is 28.1 Å². The van der Waals surface area contributed by atoms with Gasteiger partial charge in [0.15, 0.2) is 0 Å². The molecule has 0 aliphatic heterocycles.